The van der Waals surface area contributed by atoms with Crippen molar-refractivity contribution in [1.29, 1.82) is 0 Å². The molecule has 1 heterocycles. The normalized spacial score (nSPS) is 28.4. The van der Waals surface area contributed by atoms with Crippen LogP contribution in [0.2, 0.25) is 0 Å². The van der Waals surface area contributed by atoms with Crippen LogP contribution in [0, 0.1) is 17.8 Å². The monoisotopic (exact) mass is 367 g/mol. The molecule has 148 valence electrons. The minimum absolute atomic E-state index is 0.0452. The fourth-order valence-electron chi connectivity index (χ4n) is 3.62. The van der Waals surface area contributed by atoms with Crippen LogP contribution in [0.4, 0.5) is 0 Å². The molecule has 1 aliphatic heterocycles. The van der Waals surface area contributed by atoms with Gasteiger partial charge >= 0.3 is 0 Å². The number of carbonyl (C=O) groups is 1. The molecule has 0 aromatic rings. The van der Waals surface area contributed by atoms with Crippen molar-refractivity contribution in [1.82, 2.24) is 0 Å². The van der Waals surface area contributed by atoms with Crippen molar-refractivity contribution >= 4 is 11.5 Å². The first kappa shape index (κ1) is 20.9. The largest absolute Gasteiger partial charge is 0.511 e. The second kappa shape index (κ2) is 10.1. The number of rotatable bonds is 7. The summed E-state index contributed by atoms with van der Waals surface area (Å²) in [5.74, 6) is 0.688. The highest BCUT2D eigenvalue weighted by atomic mass is 16.7. The molecule has 3 unspecified atom stereocenters. The Morgan fingerprint density at radius 3 is 2.65 bits per heavy atom. The molecule has 0 radical (unpaired) electrons. The van der Waals surface area contributed by atoms with Crippen LogP contribution in [-0.2, 0) is 19.1 Å². The van der Waals surface area contributed by atoms with E-state index in [0.717, 1.165) is 12.8 Å². The highest BCUT2D eigenvalue weighted by molar-refractivity contribution is 6.23. The second-order valence-electron chi connectivity index (χ2n) is 7.48. The van der Waals surface area contributed by atoms with Gasteiger partial charge in [0.1, 0.15) is 12.4 Å². The first-order valence-electron chi connectivity index (χ1n) is 9.85. The molecule has 2 rings (SSSR count). The molecular formula is C20H33NO5. The Bertz CT molecular complexity index is 540. The lowest BCUT2D eigenvalue weighted by molar-refractivity contribution is -0.154. The van der Waals surface area contributed by atoms with Crippen molar-refractivity contribution in [2.75, 3.05) is 19.8 Å². The van der Waals surface area contributed by atoms with Gasteiger partial charge in [-0.2, -0.15) is 0 Å². The van der Waals surface area contributed by atoms with Crippen LogP contribution in [0.5, 0.6) is 0 Å². The fraction of sp³-hybridized carbons (Fsp3) is 0.800. The molecule has 0 amide bonds. The third-order valence-electron chi connectivity index (χ3n) is 5.01. The Labute approximate surface area is 156 Å². The maximum absolute atomic E-state index is 12.8. The molecule has 0 aromatic carbocycles. The van der Waals surface area contributed by atoms with Gasteiger partial charge in [0.2, 0.25) is 0 Å². The highest BCUT2D eigenvalue weighted by Gasteiger charge is 2.36. The van der Waals surface area contributed by atoms with Gasteiger partial charge in [0.05, 0.1) is 24.5 Å². The summed E-state index contributed by atoms with van der Waals surface area (Å²) in [6, 6.07) is 0. The molecule has 0 saturated carbocycles. The van der Waals surface area contributed by atoms with Crippen LogP contribution in [0.25, 0.3) is 0 Å². The summed E-state index contributed by atoms with van der Waals surface area (Å²) in [6.07, 6.45) is 3.01. The quantitative estimate of drug-likeness (QED) is 0.543. The van der Waals surface area contributed by atoms with Crippen LogP contribution in [0.1, 0.15) is 59.8 Å². The number of oxime groups is 1. The summed E-state index contributed by atoms with van der Waals surface area (Å²) in [7, 11) is 0. The molecule has 26 heavy (non-hydrogen) atoms. The number of ketones is 1. The minimum Gasteiger partial charge on any atom is -0.511 e. The van der Waals surface area contributed by atoms with E-state index in [1.165, 1.54) is 0 Å². The average Bonchev–Trinajstić information content (AvgIpc) is 2.85. The molecular weight excluding hydrogens is 334 g/mol. The number of carbonyl (C=O) groups excluding carboxylic acids is 1. The number of hydrogen-bond acceptors (Lipinski definition) is 6. The minimum atomic E-state index is -0.187. The van der Waals surface area contributed by atoms with Crippen molar-refractivity contribution in [3.05, 3.63) is 11.3 Å². The molecule has 0 spiro atoms. The zero-order valence-electron chi connectivity index (χ0n) is 16.5. The van der Waals surface area contributed by atoms with Crippen LogP contribution < -0.4 is 0 Å². The number of Topliss-reactive ketones (excluding diaryl/α,β-unsaturated/α-hetero) is 1. The number of nitrogens with zero attached hydrogens (tertiary/aromatic N) is 1. The predicted molar refractivity (Wildman–Crippen MR) is 100.0 cm³/mol. The van der Waals surface area contributed by atoms with E-state index in [4.69, 9.17) is 14.3 Å². The zero-order valence-corrected chi connectivity index (χ0v) is 16.5. The Kier molecular flexibility index (Phi) is 8.10. The SMILES string of the molecule is CCCC(=NOCC)C1=C(O)CC(C2CCOC(C(C)C)OC2)CC1=O. The molecule has 1 saturated heterocycles. The lowest BCUT2D eigenvalue weighted by Gasteiger charge is -2.29. The summed E-state index contributed by atoms with van der Waals surface area (Å²) < 4.78 is 11.6. The predicted octanol–water partition coefficient (Wildman–Crippen LogP) is 4.01. The summed E-state index contributed by atoms with van der Waals surface area (Å²) in [4.78, 5) is 17.9. The summed E-state index contributed by atoms with van der Waals surface area (Å²) >= 11 is 0. The molecule has 6 heteroatoms. The van der Waals surface area contributed by atoms with E-state index >= 15 is 0 Å². The third-order valence-corrected chi connectivity index (χ3v) is 5.01. The molecule has 2 aliphatic rings. The first-order chi connectivity index (χ1) is 12.5. The molecule has 6 nitrogen and oxygen atoms in total. The number of aliphatic hydroxyl groups excluding tert-OH is 1. The second-order valence-corrected chi connectivity index (χ2v) is 7.48. The molecule has 0 bridgehead atoms. The van der Waals surface area contributed by atoms with Gasteiger partial charge in [-0.3, -0.25) is 4.79 Å². The van der Waals surface area contributed by atoms with E-state index in [0.29, 0.717) is 56.3 Å². The van der Waals surface area contributed by atoms with Gasteiger partial charge < -0.3 is 19.4 Å². The summed E-state index contributed by atoms with van der Waals surface area (Å²) in [5.41, 5.74) is 0.929. The number of allylic oxidation sites excluding steroid dienone is 2. The zero-order chi connectivity index (χ0) is 19.1. The maximum Gasteiger partial charge on any atom is 0.168 e. The molecule has 0 aromatic heterocycles. The van der Waals surface area contributed by atoms with Gasteiger partial charge in [0.15, 0.2) is 12.1 Å². The van der Waals surface area contributed by atoms with Gasteiger partial charge in [0, 0.05) is 18.8 Å². The molecule has 3 atom stereocenters. The first-order valence-corrected chi connectivity index (χ1v) is 9.85. The van der Waals surface area contributed by atoms with Crippen molar-refractivity contribution in [3.8, 4) is 0 Å². The maximum atomic E-state index is 12.8. The van der Waals surface area contributed by atoms with Gasteiger partial charge in [-0.15, -0.1) is 0 Å². The van der Waals surface area contributed by atoms with Crippen LogP contribution in [0.3, 0.4) is 0 Å². The molecule has 1 N–H and O–H groups in total. The van der Waals surface area contributed by atoms with Gasteiger partial charge in [-0.05, 0) is 31.6 Å². The van der Waals surface area contributed by atoms with Gasteiger partial charge in [-0.25, -0.2) is 0 Å². The van der Waals surface area contributed by atoms with Crippen molar-refractivity contribution in [2.45, 2.75) is 66.1 Å². The Balaban J connectivity index is 2.10. The Morgan fingerprint density at radius 1 is 1.27 bits per heavy atom. The molecule has 1 fully saturated rings. The van der Waals surface area contributed by atoms with E-state index in [-0.39, 0.29) is 29.7 Å². The molecule has 1 aliphatic carbocycles. The van der Waals surface area contributed by atoms with E-state index in [9.17, 15) is 9.90 Å². The van der Waals surface area contributed by atoms with E-state index in [1.807, 2.05) is 13.8 Å². The van der Waals surface area contributed by atoms with Crippen molar-refractivity contribution in [2.24, 2.45) is 22.9 Å². The summed E-state index contributed by atoms with van der Waals surface area (Å²) in [5, 5.41) is 14.7. The smallest absolute Gasteiger partial charge is 0.168 e. The van der Waals surface area contributed by atoms with Gasteiger partial charge in [0.25, 0.3) is 0 Å². The third kappa shape index (κ3) is 5.30. The standard InChI is InChI=1S/C20H33NO5/c1-5-7-16(21-26-6-2)19-17(22)10-15(11-18(19)23)14-8-9-24-20(13(3)4)25-12-14/h13-15,20,22H,5-12H2,1-4H3. The van der Waals surface area contributed by atoms with Crippen molar-refractivity contribution in [3.63, 3.8) is 0 Å². The fourth-order valence-corrected chi connectivity index (χ4v) is 3.62. The van der Waals surface area contributed by atoms with Gasteiger partial charge in [-0.1, -0.05) is 32.3 Å². The summed E-state index contributed by atoms with van der Waals surface area (Å²) in [6.45, 7) is 9.64. The average molecular weight is 367 g/mol. The van der Waals surface area contributed by atoms with Crippen LogP contribution >= 0.6 is 0 Å². The number of hydrogen-bond donors (Lipinski definition) is 1. The van der Waals surface area contributed by atoms with Crippen LogP contribution in [-0.4, -0.2) is 42.7 Å². The topological polar surface area (TPSA) is 77.3 Å². The lowest BCUT2D eigenvalue weighted by Crippen LogP contribution is -2.31. The Morgan fingerprint density at radius 2 is 2.04 bits per heavy atom. The van der Waals surface area contributed by atoms with E-state index in [1.54, 1.807) is 0 Å². The van der Waals surface area contributed by atoms with E-state index < -0.39 is 0 Å². The van der Waals surface area contributed by atoms with Crippen LogP contribution in [0.15, 0.2) is 16.5 Å². The lowest BCUT2D eigenvalue weighted by atomic mass is 9.77. The highest BCUT2D eigenvalue weighted by Crippen LogP contribution is 2.35. The van der Waals surface area contributed by atoms with E-state index in [2.05, 4.69) is 19.0 Å². The number of ether oxygens (including phenoxy) is 2. The number of aliphatic hydroxyl groups is 1. The van der Waals surface area contributed by atoms with Crippen molar-refractivity contribution < 1.29 is 24.2 Å². The Hall–Kier alpha value is -1.40.